The third kappa shape index (κ3) is 4.20. The summed E-state index contributed by atoms with van der Waals surface area (Å²) in [5.41, 5.74) is 2.70. The van der Waals surface area contributed by atoms with Gasteiger partial charge >= 0.3 is 5.90 Å². The minimum Gasteiger partial charge on any atom is -0.460 e. The van der Waals surface area contributed by atoms with Gasteiger partial charge in [-0.25, -0.2) is 0 Å². The third-order valence-corrected chi connectivity index (χ3v) is 4.52. The first-order valence-electron chi connectivity index (χ1n) is 9.24. The maximum Gasteiger partial charge on any atom is 0.367 e. The summed E-state index contributed by atoms with van der Waals surface area (Å²) >= 11 is 0. The number of nitrogens with zero attached hydrogens (tertiary/aromatic N) is 2. The molecule has 0 spiro atoms. The number of benzene rings is 3. The fourth-order valence-electron chi connectivity index (χ4n) is 3.08. The normalized spacial score (nSPS) is 18.3. The molecule has 1 fully saturated rings. The number of hydrogen-bond donors (Lipinski definition) is 2. The molecule has 1 saturated heterocycles. The van der Waals surface area contributed by atoms with E-state index in [1.807, 2.05) is 83.8 Å². The van der Waals surface area contributed by atoms with E-state index in [4.69, 9.17) is 4.74 Å². The second-order valence-electron chi connectivity index (χ2n) is 6.53. The Kier molecular flexibility index (Phi) is 5.33. The molecule has 0 radical (unpaired) electrons. The van der Waals surface area contributed by atoms with Crippen molar-refractivity contribution in [2.45, 2.75) is 12.7 Å². The zero-order chi connectivity index (χ0) is 19.2. The number of ether oxygens (including phenoxy) is 1. The minimum atomic E-state index is -0.233. The maximum absolute atomic E-state index is 10.5. The van der Waals surface area contributed by atoms with Gasteiger partial charge in [0.1, 0.15) is 0 Å². The number of amidine groups is 1. The Balaban J connectivity index is 1.64. The van der Waals surface area contributed by atoms with Gasteiger partial charge in [0, 0.05) is 0 Å². The summed E-state index contributed by atoms with van der Waals surface area (Å²) in [5.74, 6) is 0.119. The van der Waals surface area contributed by atoms with E-state index in [0.29, 0.717) is 19.2 Å². The number of rotatable bonds is 5. The summed E-state index contributed by atoms with van der Waals surface area (Å²) < 4.78 is 5.88. The van der Waals surface area contributed by atoms with Crippen LogP contribution in [0.3, 0.4) is 0 Å². The van der Waals surface area contributed by atoms with Crippen LogP contribution >= 0.6 is 0 Å². The predicted molar refractivity (Wildman–Crippen MR) is 109 cm³/mol. The van der Waals surface area contributed by atoms with Crippen molar-refractivity contribution < 1.29 is 14.8 Å². The van der Waals surface area contributed by atoms with Crippen molar-refractivity contribution in [2.75, 3.05) is 6.61 Å². The first kappa shape index (κ1) is 17.8. The van der Waals surface area contributed by atoms with Crippen LogP contribution < -0.4 is 4.99 Å². The number of nitrogens with one attached hydrogen (secondary N) is 1. The molecule has 28 heavy (non-hydrogen) atoms. The van der Waals surface area contributed by atoms with E-state index < -0.39 is 0 Å². The topological polar surface area (TPSA) is 59.0 Å². The molecule has 0 amide bonds. The lowest BCUT2D eigenvalue weighted by Gasteiger charge is -2.17. The van der Waals surface area contributed by atoms with Crippen molar-refractivity contribution in [1.29, 1.82) is 0 Å². The quantitative estimate of drug-likeness (QED) is 0.535. The van der Waals surface area contributed by atoms with Crippen LogP contribution in [0.15, 0.2) is 96.0 Å². The lowest BCUT2D eigenvalue weighted by molar-refractivity contribution is -0.531. The van der Waals surface area contributed by atoms with Gasteiger partial charge in [0.2, 0.25) is 0 Å². The Labute approximate surface area is 164 Å². The summed E-state index contributed by atoms with van der Waals surface area (Å²) in [4.78, 5) is 9.86. The first-order valence-corrected chi connectivity index (χ1v) is 9.24. The molecular formula is C23H22N3O2+. The molecule has 3 aromatic rings. The molecule has 2 N–H and O–H groups in total. The Morgan fingerprint density at radius 1 is 0.929 bits per heavy atom. The highest BCUT2D eigenvalue weighted by molar-refractivity contribution is 5.87. The molecule has 0 aliphatic carbocycles. The summed E-state index contributed by atoms with van der Waals surface area (Å²) in [5, 5.41) is 10.5. The van der Waals surface area contributed by atoms with Gasteiger partial charge in [-0.3, -0.25) is 4.90 Å². The number of aliphatic hydroxyl groups is 1. The molecule has 140 valence electrons. The molecule has 1 aliphatic heterocycles. The van der Waals surface area contributed by atoms with E-state index in [2.05, 4.69) is 22.1 Å². The van der Waals surface area contributed by atoms with E-state index in [1.165, 1.54) is 0 Å². The van der Waals surface area contributed by atoms with Crippen molar-refractivity contribution in [3.8, 4) is 0 Å². The van der Waals surface area contributed by atoms with Gasteiger partial charge in [-0.05, 0) is 29.8 Å². The second-order valence-corrected chi connectivity index (χ2v) is 6.53. The van der Waals surface area contributed by atoms with Gasteiger partial charge < -0.3 is 9.84 Å². The molecule has 1 unspecified atom stereocenters. The first-order chi connectivity index (χ1) is 13.8. The SMILES string of the molecule is OC(=[NH+]C1COC(=Nc2ccccc2)N1Cc1ccccc1)c1ccccc1. The zero-order valence-corrected chi connectivity index (χ0v) is 15.4. The summed E-state index contributed by atoms with van der Waals surface area (Å²) in [6.07, 6.45) is -0.233. The third-order valence-electron chi connectivity index (χ3n) is 4.52. The van der Waals surface area contributed by atoms with Gasteiger partial charge in [-0.2, -0.15) is 9.98 Å². The van der Waals surface area contributed by atoms with Gasteiger partial charge in [-0.15, -0.1) is 0 Å². The summed E-state index contributed by atoms with van der Waals surface area (Å²) in [6, 6.07) is 29.8. The Bertz CT molecular complexity index is 957. The molecule has 1 aliphatic rings. The van der Waals surface area contributed by atoms with Gasteiger partial charge in [0.05, 0.1) is 17.8 Å². The predicted octanol–water partition coefficient (Wildman–Crippen LogP) is 2.62. The molecule has 3 aromatic carbocycles. The van der Waals surface area contributed by atoms with E-state index in [-0.39, 0.29) is 12.1 Å². The minimum absolute atomic E-state index is 0.119. The van der Waals surface area contributed by atoms with Crippen molar-refractivity contribution in [1.82, 2.24) is 4.90 Å². The Hall–Kier alpha value is -3.60. The smallest absolute Gasteiger partial charge is 0.367 e. The molecule has 0 bridgehead atoms. The highest BCUT2D eigenvalue weighted by atomic mass is 16.5. The molecule has 1 atom stereocenters. The van der Waals surface area contributed by atoms with Gasteiger partial charge in [-0.1, -0.05) is 66.7 Å². The Morgan fingerprint density at radius 2 is 1.54 bits per heavy atom. The van der Waals surface area contributed by atoms with Gasteiger partial charge in [0.25, 0.3) is 12.2 Å². The lowest BCUT2D eigenvalue weighted by atomic mass is 10.2. The summed E-state index contributed by atoms with van der Waals surface area (Å²) in [6.45, 7) is 1.00. The number of para-hydroxylation sites is 1. The van der Waals surface area contributed by atoms with Crippen LogP contribution in [0, 0.1) is 0 Å². The average molecular weight is 372 g/mol. The molecule has 0 aromatic heterocycles. The molecule has 4 rings (SSSR count). The number of aliphatic imine (C=N–C) groups is 1. The molecular weight excluding hydrogens is 350 g/mol. The van der Waals surface area contributed by atoms with E-state index in [0.717, 1.165) is 16.8 Å². The van der Waals surface area contributed by atoms with Crippen LogP contribution in [0.5, 0.6) is 0 Å². The Morgan fingerprint density at radius 3 is 2.21 bits per heavy atom. The standard InChI is InChI=1S/C23H21N3O2/c27-22(19-12-6-2-7-13-19)25-21-17-28-23(24-20-14-8-3-9-15-20)26(21)16-18-10-4-1-5-11-18/h1-15,21H,16-17H2,(H,25,27)/p+1. The van der Waals surface area contributed by atoms with Crippen LogP contribution in [-0.2, 0) is 11.3 Å². The maximum atomic E-state index is 10.5. The largest absolute Gasteiger partial charge is 0.460 e. The summed E-state index contributed by atoms with van der Waals surface area (Å²) in [7, 11) is 0. The fraction of sp³-hybridized carbons (Fsp3) is 0.130. The van der Waals surface area contributed by atoms with Crippen LogP contribution in [0.2, 0.25) is 0 Å². The average Bonchev–Trinajstić information content (AvgIpc) is 3.11. The second kappa shape index (κ2) is 8.39. The highest BCUT2D eigenvalue weighted by Gasteiger charge is 2.36. The van der Waals surface area contributed by atoms with Crippen molar-refractivity contribution in [3.63, 3.8) is 0 Å². The molecule has 5 heteroatoms. The highest BCUT2D eigenvalue weighted by Crippen LogP contribution is 2.18. The van der Waals surface area contributed by atoms with Crippen LogP contribution in [0.1, 0.15) is 11.1 Å². The van der Waals surface area contributed by atoms with E-state index in [9.17, 15) is 5.11 Å². The molecule has 0 saturated carbocycles. The van der Waals surface area contributed by atoms with Crippen LogP contribution in [-0.4, -0.2) is 34.7 Å². The number of aliphatic hydroxyl groups excluding tert-OH is 1. The molecule has 5 nitrogen and oxygen atoms in total. The zero-order valence-electron chi connectivity index (χ0n) is 15.4. The van der Waals surface area contributed by atoms with Gasteiger partial charge in [0.15, 0.2) is 6.61 Å². The van der Waals surface area contributed by atoms with E-state index in [1.54, 1.807) is 0 Å². The van der Waals surface area contributed by atoms with E-state index >= 15 is 0 Å². The monoisotopic (exact) mass is 372 g/mol. The lowest BCUT2D eigenvalue weighted by Crippen LogP contribution is -2.84. The van der Waals surface area contributed by atoms with Crippen molar-refractivity contribution >= 4 is 17.6 Å². The van der Waals surface area contributed by atoms with Crippen molar-refractivity contribution in [2.24, 2.45) is 4.99 Å². The van der Waals surface area contributed by atoms with Crippen LogP contribution in [0.4, 0.5) is 5.69 Å². The van der Waals surface area contributed by atoms with Crippen molar-refractivity contribution in [3.05, 3.63) is 102 Å². The van der Waals surface area contributed by atoms with Crippen LogP contribution in [0.25, 0.3) is 0 Å². The molecule has 1 heterocycles. The number of hydrogen-bond acceptors (Lipinski definition) is 2. The fourth-order valence-corrected chi connectivity index (χ4v) is 3.08.